The zero-order chi connectivity index (χ0) is 21.8. The van der Waals surface area contributed by atoms with E-state index in [2.05, 4.69) is 10.6 Å². The van der Waals surface area contributed by atoms with Gasteiger partial charge in [0.15, 0.2) is 5.83 Å². The molecule has 3 nitrogen and oxygen atoms in total. The van der Waals surface area contributed by atoms with Crippen molar-refractivity contribution in [3.8, 4) is 11.1 Å². The number of nitrogens with one attached hydrogen (secondary N) is 2. The predicted molar refractivity (Wildman–Crippen MR) is 120 cm³/mol. The highest BCUT2D eigenvalue weighted by Gasteiger charge is 2.17. The summed E-state index contributed by atoms with van der Waals surface area (Å²) in [5.74, 6) is -1.86. The highest BCUT2D eigenvalue weighted by atomic mass is 19.1. The zero-order valence-corrected chi connectivity index (χ0v) is 18.1. The number of halogens is 2. The molecule has 30 heavy (non-hydrogen) atoms. The van der Waals surface area contributed by atoms with Gasteiger partial charge in [-0.1, -0.05) is 25.0 Å². The summed E-state index contributed by atoms with van der Waals surface area (Å²) in [6.45, 7) is 7.25. The van der Waals surface area contributed by atoms with E-state index in [4.69, 9.17) is 0 Å². The third-order valence-electron chi connectivity index (χ3n) is 5.52. The number of hydrogen-bond acceptors (Lipinski definition) is 2. The highest BCUT2D eigenvalue weighted by molar-refractivity contribution is 5.96. The molecule has 0 heterocycles. The van der Waals surface area contributed by atoms with Crippen LogP contribution < -0.4 is 10.6 Å². The van der Waals surface area contributed by atoms with E-state index in [1.54, 1.807) is 32.0 Å². The molecule has 0 aliphatic heterocycles. The second-order valence-electron chi connectivity index (χ2n) is 8.46. The molecular weight excluding hydrogens is 382 g/mol. The first-order valence-electron chi connectivity index (χ1n) is 10.6. The van der Waals surface area contributed by atoms with Gasteiger partial charge in [0.05, 0.1) is 0 Å². The zero-order valence-electron chi connectivity index (χ0n) is 18.1. The fraction of sp³-hybridized carbons (Fsp3) is 0.400. The number of carbonyl (C=O) groups is 1. The minimum Gasteiger partial charge on any atom is -0.382 e. The second-order valence-corrected chi connectivity index (χ2v) is 8.46. The summed E-state index contributed by atoms with van der Waals surface area (Å²) in [4.78, 5) is 11.8. The second kappa shape index (κ2) is 9.41. The van der Waals surface area contributed by atoms with Crippen LogP contribution in [0.5, 0.6) is 0 Å². The topological polar surface area (TPSA) is 41.1 Å². The van der Waals surface area contributed by atoms with Crippen LogP contribution in [0.15, 0.2) is 36.2 Å². The van der Waals surface area contributed by atoms with E-state index in [1.165, 1.54) is 18.9 Å². The van der Waals surface area contributed by atoms with Crippen molar-refractivity contribution in [1.82, 2.24) is 5.32 Å². The summed E-state index contributed by atoms with van der Waals surface area (Å²) in [6.07, 6.45) is 5.92. The standard InChI is InChI=1S/C25H30F2N2O/c1-15(2)28-25(30)24(27)13-18-11-17(4)22(12-16(18)3)21-10-9-20(14-23(21)26)29-19-7-5-6-8-19/h9-15,19,29H,5-8H2,1-4H3,(H,28,30). The van der Waals surface area contributed by atoms with Gasteiger partial charge in [0.1, 0.15) is 5.82 Å². The molecule has 1 aliphatic carbocycles. The lowest BCUT2D eigenvalue weighted by molar-refractivity contribution is -0.119. The molecule has 0 unspecified atom stereocenters. The van der Waals surface area contributed by atoms with E-state index in [-0.39, 0.29) is 11.9 Å². The Balaban J connectivity index is 1.85. The van der Waals surface area contributed by atoms with Crippen LogP contribution >= 0.6 is 0 Å². The van der Waals surface area contributed by atoms with Crippen molar-refractivity contribution in [3.05, 3.63) is 58.7 Å². The van der Waals surface area contributed by atoms with Crippen molar-refractivity contribution in [3.63, 3.8) is 0 Å². The van der Waals surface area contributed by atoms with Crippen molar-refractivity contribution in [2.45, 2.75) is 65.5 Å². The third-order valence-corrected chi connectivity index (χ3v) is 5.52. The van der Waals surface area contributed by atoms with E-state index in [0.717, 1.165) is 35.2 Å². The van der Waals surface area contributed by atoms with Gasteiger partial charge in [0.25, 0.3) is 5.91 Å². The van der Waals surface area contributed by atoms with Gasteiger partial charge in [-0.15, -0.1) is 0 Å². The Labute approximate surface area is 177 Å². The molecule has 160 valence electrons. The van der Waals surface area contributed by atoms with Crippen LogP contribution in [0.4, 0.5) is 14.5 Å². The molecule has 2 N–H and O–H groups in total. The van der Waals surface area contributed by atoms with Crippen LogP contribution in [-0.2, 0) is 4.79 Å². The molecule has 2 aromatic rings. The molecule has 3 rings (SSSR count). The first-order valence-corrected chi connectivity index (χ1v) is 10.6. The van der Waals surface area contributed by atoms with Gasteiger partial charge >= 0.3 is 0 Å². The van der Waals surface area contributed by atoms with Crippen LogP contribution in [0.25, 0.3) is 17.2 Å². The molecule has 0 aromatic heterocycles. The normalized spacial score (nSPS) is 15.0. The van der Waals surface area contributed by atoms with E-state index in [1.807, 2.05) is 26.0 Å². The van der Waals surface area contributed by atoms with Gasteiger partial charge in [0.2, 0.25) is 0 Å². The number of amides is 1. The van der Waals surface area contributed by atoms with E-state index < -0.39 is 11.7 Å². The van der Waals surface area contributed by atoms with Crippen LogP contribution in [0.2, 0.25) is 0 Å². The van der Waals surface area contributed by atoms with Crippen LogP contribution in [0.3, 0.4) is 0 Å². The lowest BCUT2D eigenvalue weighted by Gasteiger charge is -2.16. The number of benzene rings is 2. The minimum atomic E-state index is -0.840. The lowest BCUT2D eigenvalue weighted by Crippen LogP contribution is -2.30. The van der Waals surface area contributed by atoms with Crippen LogP contribution in [0, 0.1) is 19.7 Å². The Kier molecular flexibility index (Phi) is 6.91. The monoisotopic (exact) mass is 412 g/mol. The molecular formula is C25H30F2N2O. The summed E-state index contributed by atoms with van der Waals surface area (Å²) in [5, 5.41) is 5.95. The number of aryl methyl sites for hydroxylation is 2. The summed E-state index contributed by atoms with van der Waals surface area (Å²) in [6, 6.07) is 9.17. The van der Waals surface area contributed by atoms with E-state index in [9.17, 15) is 13.6 Å². The first-order chi connectivity index (χ1) is 14.2. The molecule has 0 atom stereocenters. The fourth-order valence-corrected chi connectivity index (χ4v) is 3.95. The highest BCUT2D eigenvalue weighted by Crippen LogP contribution is 2.32. The molecule has 0 radical (unpaired) electrons. The minimum absolute atomic E-state index is 0.143. The lowest BCUT2D eigenvalue weighted by atomic mass is 9.94. The molecule has 0 saturated heterocycles. The Morgan fingerprint density at radius 3 is 2.40 bits per heavy atom. The first kappa shape index (κ1) is 22.0. The van der Waals surface area contributed by atoms with Gasteiger partial charge in [-0.05, 0) is 87.1 Å². The Hall–Kier alpha value is -2.69. The van der Waals surface area contributed by atoms with E-state index in [0.29, 0.717) is 17.2 Å². The molecule has 1 saturated carbocycles. The smallest absolute Gasteiger partial charge is 0.280 e. The van der Waals surface area contributed by atoms with Gasteiger partial charge < -0.3 is 10.6 Å². The van der Waals surface area contributed by atoms with Crippen molar-refractivity contribution in [1.29, 1.82) is 0 Å². The SMILES string of the molecule is Cc1cc(-c2ccc(NC3CCCC3)cc2F)c(C)cc1C=C(F)C(=O)NC(C)C. The van der Waals surface area contributed by atoms with Crippen molar-refractivity contribution < 1.29 is 13.6 Å². The molecule has 1 aliphatic rings. The predicted octanol–water partition coefficient (Wildman–Crippen LogP) is 6.30. The van der Waals surface area contributed by atoms with Gasteiger partial charge in [-0.25, -0.2) is 8.78 Å². The average molecular weight is 413 g/mol. The van der Waals surface area contributed by atoms with Crippen LogP contribution in [-0.4, -0.2) is 18.0 Å². The molecule has 1 amide bonds. The maximum atomic E-state index is 14.9. The Morgan fingerprint density at radius 1 is 1.07 bits per heavy atom. The molecule has 0 bridgehead atoms. The molecule has 0 spiro atoms. The summed E-state index contributed by atoms with van der Waals surface area (Å²) < 4.78 is 29.1. The summed E-state index contributed by atoms with van der Waals surface area (Å²) >= 11 is 0. The van der Waals surface area contributed by atoms with Gasteiger partial charge in [-0.2, -0.15) is 0 Å². The molecule has 1 fully saturated rings. The largest absolute Gasteiger partial charge is 0.382 e. The quantitative estimate of drug-likeness (QED) is 0.547. The Morgan fingerprint density at radius 2 is 1.77 bits per heavy atom. The van der Waals surface area contributed by atoms with Crippen LogP contribution in [0.1, 0.15) is 56.2 Å². The number of anilines is 1. The van der Waals surface area contributed by atoms with Crippen molar-refractivity contribution >= 4 is 17.7 Å². The maximum absolute atomic E-state index is 14.9. The van der Waals surface area contributed by atoms with Crippen molar-refractivity contribution in [2.24, 2.45) is 0 Å². The molecule has 5 heteroatoms. The van der Waals surface area contributed by atoms with Gasteiger partial charge in [-0.3, -0.25) is 4.79 Å². The van der Waals surface area contributed by atoms with E-state index >= 15 is 0 Å². The Bertz CT molecular complexity index is 960. The third kappa shape index (κ3) is 5.26. The van der Waals surface area contributed by atoms with Gasteiger partial charge in [0, 0.05) is 23.3 Å². The summed E-state index contributed by atoms with van der Waals surface area (Å²) in [5.41, 5.74) is 4.28. The average Bonchev–Trinajstić information content (AvgIpc) is 3.17. The molecule has 2 aromatic carbocycles. The number of hydrogen-bond donors (Lipinski definition) is 2. The van der Waals surface area contributed by atoms with Crippen molar-refractivity contribution in [2.75, 3.05) is 5.32 Å². The summed E-state index contributed by atoms with van der Waals surface area (Å²) in [7, 11) is 0. The number of carbonyl (C=O) groups excluding carboxylic acids is 1. The fourth-order valence-electron chi connectivity index (χ4n) is 3.95. The maximum Gasteiger partial charge on any atom is 0.280 e. The number of rotatable bonds is 6.